The highest BCUT2D eigenvalue weighted by Crippen LogP contribution is 2.35. The van der Waals surface area contributed by atoms with E-state index in [-0.39, 0.29) is 47.0 Å². The fourth-order valence-corrected chi connectivity index (χ4v) is 5.63. The molecule has 0 unspecified atom stereocenters. The normalized spacial score (nSPS) is 14.3. The van der Waals surface area contributed by atoms with Crippen LogP contribution in [0.5, 0.6) is 17.2 Å². The molecule has 1 N–H and O–H groups in total. The van der Waals surface area contributed by atoms with Crippen molar-refractivity contribution < 1.29 is 36.5 Å². The number of rotatable bonds is 11. The number of hydrogen-bond donors (Lipinski definition) is 1. The molecule has 3 aromatic rings. The third kappa shape index (κ3) is 7.68. The summed E-state index contributed by atoms with van der Waals surface area (Å²) in [5, 5.41) is 2.16. The molecule has 0 bridgehead atoms. The minimum atomic E-state index is -4.22. The summed E-state index contributed by atoms with van der Waals surface area (Å²) in [5.74, 6) is 0.0238. The molecule has 4 rings (SSSR count). The summed E-state index contributed by atoms with van der Waals surface area (Å²) in [6, 6.07) is 17.5. The van der Waals surface area contributed by atoms with Crippen LogP contribution in [0.2, 0.25) is 0 Å². The zero-order valence-electron chi connectivity index (χ0n) is 22.6. The molecule has 1 fully saturated rings. The van der Waals surface area contributed by atoms with E-state index in [4.69, 9.17) is 13.7 Å². The topological polar surface area (TPSA) is 128 Å². The zero-order valence-corrected chi connectivity index (χ0v) is 24.2. The van der Waals surface area contributed by atoms with Crippen molar-refractivity contribution in [3.05, 3.63) is 82.8 Å². The summed E-state index contributed by atoms with van der Waals surface area (Å²) in [6.45, 7) is 5.49. The van der Waals surface area contributed by atoms with Crippen molar-refractivity contribution >= 4 is 50.7 Å². The van der Waals surface area contributed by atoms with Gasteiger partial charge in [0.15, 0.2) is 11.5 Å². The lowest BCUT2D eigenvalue weighted by molar-refractivity contribution is -0.123. The number of thioether (sulfide) groups is 1. The summed E-state index contributed by atoms with van der Waals surface area (Å²) >= 11 is 0.810. The summed E-state index contributed by atoms with van der Waals surface area (Å²) in [5.41, 5.74) is 1.99. The van der Waals surface area contributed by atoms with Crippen LogP contribution in [0.3, 0.4) is 0 Å². The van der Waals surface area contributed by atoms with Gasteiger partial charge in [0, 0.05) is 12.6 Å². The zero-order chi connectivity index (χ0) is 29.6. The fourth-order valence-electron chi connectivity index (χ4n) is 3.83. The standard InChI is InChI=1S/C29H28N2O8S2/c1-4-37-26-17-21(8-13-25(26)39-41(35,36)24-11-9-22(10-12-24)30-20(3)32)18-27-28(33)31(29(34)40-27)14-15-38-23-7-5-6-19(2)16-23/h5-13,16-18H,4,14-15H2,1-3H3,(H,30,32)/b27-18-. The van der Waals surface area contributed by atoms with Gasteiger partial charge < -0.3 is 19.0 Å². The van der Waals surface area contributed by atoms with Crippen LogP contribution in [-0.4, -0.2) is 50.1 Å². The summed E-state index contributed by atoms with van der Waals surface area (Å²) in [6.07, 6.45) is 1.54. The number of ether oxygens (including phenoxy) is 2. The first-order valence-electron chi connectivity index (χ1n) is 12.6. The minimum Gasteiger partial charge on any atom is -0.492 e. The van der Waals surface area contributed by atoms with Crippen molar-refractivity contribution in [3.63, 3.8) is 0 Å². The second-order valence-corrected chi connectivity index (χ2v) is 11.4. The fraction of sp³-hybridized carbons (Fsp3) is 0.207. The van der Waals surface area contributed by atoms with Crippen molar-refractivity contribution in [1.82, 2.24) is 4.90 Å². The van der Waals surface area contributed by atoms with E-state index in [0.717, 1.165) is 22.2 Å². The van der Waals surface area contributed by atoms with Crippen LogP contribution in [0.15, 0.2) is 76.5 Å². The number of hydrogen-bond acceptors (Lipinski definition) is 9. The van der Waals surface area contributed by atoms with E-state index >= 15 is 0 Å². The van der Waals surface area contributed by atoms with Gasteiger partial charge >= 0.3 is 10.1 Å². The lowest BCUT2D eigenvalue weighted by Gasteiger charge is -2.14. The Bertz CT molecular complexity index is 1600. The average Bonchev–Trinajstić information content (AvgIpc) is 3.17. The molecule has 0 aromatic heterocycles. The molecule has 0 saturated carbocycles. The molecule has 1 heterocycles. The molecule has 10 nitrogen and oxygen atoms in total. The number of amides is 3. The van der Waals surface area contributed by atoms with Gasteiger partial charge in [-0.2, -0.15) is 8.42 Å². The average molecular weight is 597 g/mol. The van der Waals surface area contributed by atoms with E-state index in [2.05, 4.69) is 5.32 Å². The summed E-state index contributed by atoms with van der Waals surface area (Å²) in [4.78, 5) is 37.9. The van der Waals surface area contributed by atoms with Gasteiger partial charge in [0.1, 0.15) is 17.3 Å². The predicted molar refractivity (Wildman–Crippen MR) is 156 cm³/mol. The molecule has 1 saturated heterocycles. The van der Waals surface area contributed by atoms with Crippen LogP contribution in [0, 0.1) is 6.92 Å². The number of anilines is 1. The number of benzene rings is 3. The van der Waals surface area contributed by atoms with Crippen LogP contribution in [0.25, 0.3) is 6.08 Å². The maximum Gasteiger partial charge on any atom is 0.339 e. The molecule has 0 spiro atoms. The Balaban J connectivity index is 1.46. The van der Waals surface area contributed by atoms with E-state index in [0.29, 0.717) is 17.0 Å². The van der Waals surface area contributed by atoms with Crippen LogP contribution in [0.4, 0.5) is 10.5 Å². The van der Waals surface area contributed by atoms with E-state index in [1.807, 2.05) is 25.1 Å². The first-order valence-corrected chi connectivity index (χ1v) is 14.8. The van der Waals surface area contributed by atoms with Crippen LogP contribution in [0.1, 0.15) is 25.0 Å². The Kier molecular flexibility index (Phi) is 9.35. The Morgan fingerprint density at radius 3 is 2.44 bits per heavy atom. The van der Waals surface area contributed by atoms with Crippen molar-refractivity contribution in [1.29, 1.82) is 0 Å². The maximum atomic E-state index is 12.9. The molecule has 0 atom stereocenters. The van der Waals surface area contributed by atoms with Gasteiger partial charge in [-0.05, 0) is 91.3 Å². The highest BCUT2D eigenvalue weighted by atomic mass is 32.2. The van der Waals surface area contributed by atoms with Gasteiger partial charge in [0.25, 0.3) is 11.1 Å². The Morgan fingerprint density at radius 2 is 1.76 bits per heavy atom. The maximum absolute atomic E-state index is 12.9. The lowest BCUT2D eigenvalue weighted by atomic mass is 10.2. The van der Waals surface area contributed by atoms with Crippen LogP contribution >= 0.6 is 11.8 Å². The number of imide groups is 1. The molecule has 214 valence electrons. The molecule has 12 heteroatoms. The largest absolute Gasteiger partial charge is 0.492 e. The van der Waals surface area contributed by atoms with Gasteiger partial charge in [-0.3, -0.25) is 19.3 Å². The smallest absolute Gasteiger partial charge is 0.339 e. The first kappa shape index (κ1) is 29.7. The number of aryl methyl sites for hydroxylation is 1. The number of nitrogens with one attached hydrogen (secondary N) is 1. The summed E-state index contributed by atoms with van der Waals surface area (Å²) < 4.78 is 42.4. The quantitative estimate of drug-likeness (QED) is 0.234. The summed E-state index contributed by atoms with van der Waals surface area (Å²) in [7, 11) is -4.22. The second kappa shape index (κ2) is 12.9. The van der Waals surface area contributed by atoms with Crippen LogP contribution in [-0.2, 0) is 19.7 Å². The van der Waals surface area contributed by atoms with Crippen LogP contribution < -0.4 is 19.0 Å². The van der Waals surface area contributed by atoms with Gasteiger partial charge in [-0.1, -0.05) is 18.2 Å². The van der Waals surface area contributed by atoms with Gasteiger partial charge in [-0.15, -0.1) is 0 Å². The third-order valence-corrected chi connectivity index (χ3v) is 7.83. The molecular weight excluding hydrogens is 568 g/mol. The second-order valence-electron chi connectivity index (χ2n) is 8.88. The van der Waals surface area contributed by atoms with E-state index in [9.17, 15) is 22.8 Å². The van der Waals surface area contributed by atoms with Crippen molar-refractivity contribution in [2.24, 2.45) is 0 Å². The van der Waals surface area contributed by atoms with Gasteiger partial charge in [-0.25, -0.2) is 0 Å². The monoisotopic (exact) mass is 596 g/mol. The van der Waals surface area contributed by atoms with Gasteiger partial charge in [0.05, 0.1) is 18.1 Å². The number of carbonyl (C=O) groups is 3. The van der Waals surface area contributed by atoms with E-state index < -0.39 is 21.3 Å². The first-order chi connectivity index (χ1) is 19.6. The van der Waals surface area contributed by atoms with Crippen molar-refractivity contribution in [2.45, 2.75) is 25.7 Å². The minimum absolute atomic E-state index is 0.0451. The molecule has 3 aromatic carbocycles. The highest BCUT2D eigenvalue weighted by Gasteiger charge is 2.35. The van der Waals surface area contributed by atoms with Gasteiger partial charge in [0.2, 0.25) is 5.91 Å². The highest BCUT2D eigenvalue weighted by molar-refractivity contribution is 8.18. The van der Waals surface area contributed by atoms with E-state index in [1.165, 1.54) is 49.4 Å². The van der Waals surface area contributed by atoms with E-state index in [1.54, 1.807) is 19.1 Å². The number of carbonyl (C=O) groups excluding carboxylic acids is 3. The molecule has 1 aliphatic rings. The molecular formula is C29H28N2O8S2. The molecule has 1 aliphatic heterocycles. The van der Waals surface area contributed by atoms with Crippen molar-refractivity contribution in [2.75, 3.05) is 25.1 Å². The number of nitrogens with zero attached hydrogens (tertiary/aromatic N) is 1. The SMILES string of the molecule is CCOc1cc(/C=C2\SC(=O)N(CCOc3cccc(C)c3)C2=O)ccc1OS(=O)(=O)c1ccc(NC(C)=O)cc1. The Hall–Kier alpha value is -4.29. The Morgan fingerprint density at radius 1 is 1.00 bits per heavy atom. The Labute approximate surface area is 242 Å². The third-order valence-electron chi connectivity index (χ3n) is 5.67. The van der Waals surface area contributed by atoms with Crippen molar-refractivity contribution in [3.8, 4) is 17.2 Å². The molecule has 0 aliphatic carbocycles. The molecule has 0 radical (unpaired) electrons. The molecule has 41 heavy (non-hydrogen) atoms. The predicted octanol–water partition coefficient (Wildman–Crippen LogP) is 5.24. The lowest BCUT2D eigenvalue weighted by Crippen LogP contribution is -2.32. The molecule has 3 amide bonds.